The molecule has 7 heteroatoms. The molecule has 0 radical (unpaired) electrons. The van der Waals surface area contributed by atoms with Gasteiger partial charge in [0.2, 0.25) is 0 Å². The third kappa shape index (κ3) is 2.72. The second kappa shape index (κ2) is 5.86. The first-order chi connectivity index (χ1) is 12.0. The Morgan fingerprint density at radius 3 is 2.84 bits per heavy atom. The Morgan fingerprint density at radius 2 is 2.08 bits per heavy atom. The van der Waals surface area contributed by atoms with E-state index in [9.17, 15) is 4.79 Å². The minimum absolute atomic E-state index is 0.161. The molecule has 4 rings (SSSR count). The third-order valence-electron chi connectivity index (χ3n) is 4.04. The van der Waals surface area contributed by atoms with Crippen LogP contribution in [0.25, 0.3) is 16.2 Å². The molecule has 0 aliphatic heterocycles. The number of amides is 1. The molecule has 0 saturated heterocycles. The first-order valence-corrected chi connectivity index (χ1v) is 8.68. The Kier molecular flexibility index (Phi) is 3.65. The first-order valence-electron chi connectivity index (χ1n) is 7.80. The van der Waals surface area contributed by atoms with Gasteiger partial charge in [0.25, 0.3) is 5.91 Å². The summed E-state index contributed by atoms with van der Waals surface area (Å²) < 4.78 is 7.51. The van der Waals surface area contributed by atoms with Gasteiger partial charge in [-0.3, -0.25) is 9.36 Å². The van der Waals surface area contributed by atoms with Crippen molar-refractivity contribution in [3.63, 3.8) is 0 Å². The summed E-state index contributed by atoms with van der Waals surface area (Å²) >= 11 is 1.54. The number of anilines is 1. The van der Waals surface area contributed by atoms with Crippen LogP contribution in [0, 0.1) is 20.8 Å². The highest BCUT2D eigenvalue weighted by Crippen LogP contribution is 2.24. The fraction of sp³-hybridized carbons (Fsp3) is 0.167. The van der Waals surface area contributed by atoms with Crippen LogP contribution in [0.3, 0.4) is 0 Å². The minimum Gasteiger partial charge on any atom is -0.441 e. The van der Waals surface area contributed by atoms with Crippen LogP contribution in [0.5, 0.6) is 0 Å². The summed E-state index contributed by atoms with van der Waals surface area (Å²) in [6.45, 7) is 5.69. The highest BCUT2D eigenvalue weighted by molar-refractivity contribution is 7.12. The Labute approximate surface area is 148 Å². The molecule has 0 aliphatic rings. The van der Waals surface area contributed by atoms with Gasteiger partial charge in [-0.1, -0.05) is 0 Å². The van der Waals surface area contributed by atoms with Gasteiger partial charge in [-0.05, 0) is 32.0 Å². The minimum atomic E-state index is -0.161. The molecule has 0 bridgehead atoms. The number of nitrogens with zero attached hydrogens (tertiary/aromatic N) is 3. The molecule has 126 valence electrons. The highest BCUT2D eigenvalue weighted by Gasteiger charge is 2.18. The second-order valence-electron chi connectivity index (χ2n) is 5.80. The Morgan fingerprint density at radius 1 is 1.24 bits per heavy atom. The van der Waals surface area contributed by atoms with E-state index in [-0.39, 0.29) is 5.91 Å². The number of fused-ring (bicyclic) bond motifs is 1. The van der Waals surface area contributed by atoms with Crippen molar-refractivity contribution in [3.8, 4) is 5.13 Å². The van der Waals surface area contributed by atoms with Crippen LogP contribution in [0.1, 0.15) is 27.6 Å². The molecule has 1 N–H and O–H groups in total. The lowest BCUT2D eigenvalue weighted by Crippen LogP contribution is -2.13. The first kappa shape index (κ1) is 15.6. The van der Waals surface area contributed by atoms with Crippen molar-refractivity contribution in [1.82, 2.24) is 14.5 Å². The van der Waals surface area contributed by atoms with Gasteiger partial charge < -0.3 is 9.73 Å². The summed E-state index contributed by atoms with van der Waals surface area (Å²) in [7, 11) is 0. The number of hydrogen-bond donors (Lipinski definition) is 1. The standard InChI is InChI=1S/C18H16N4O2S/c1-10-8-14(11(2)22(10)18-19-6-7-25-18)17(23)21-13-4-5-15-16(9-13)24-12(3)20-15/h4-9H,1-3H3,(H,21,23). The Bertz CT molecular complexity index is 1080. The van der Waals surface area contributed by atoms with Crippen LogP contribution in [-0.4, -0.2) is 20.4 Å². The predicted molar refractivity (Wildman–Crippen MR) is 97.6 cm³/mol. The van der Waals surface area contributed by atoms with Gasteiger partial charge in [0.1, 0.15) is 5.52 Å². The van der Waals surface area contributed by atoms with Crippen LogP contribution < -0.4 is 5.32 Å². The van der Waals surface area contributed by atoms with E-state index in [0.717, 1.165) is 22.0 Å². The zero-order chi connectivity index (χ0) is 17.6. The number of oxazole rings is 1. The maximum Gasteiger partial charge on any atom is 0.257 e. The number of hydrogen-bond acceptors (Lipinski definition) is 5. The van der Waals surface area contributed by atoms with Gasteiger partial charge in [0.15, 0.2) is 16.6 Å². The van der Waals surface area contributed by atoms with Crippen molar-refractivity contribution in [2.24, 2.45) is 0 Å². The summed E-state index contributed by atoms with van der Waals surface area (Å²) in [5, 5.41) is 5.70. The molecule has 25 heavy (non-hydrogen) atoms. The topological polar surface area (TPSA) is 73.0 Å². The van der Waals surface area contributed by atoms with E-state index in [4.69, 9.17) is 4.42 Å². The monoisotopic (exact) mass is 352 g/mol. The molecule has 0 aliphatic carbocycles. The normalized spacial score (nSPS) is 11.2. The lowest BCUT2D eigenvalue weighted by molar-refractivity contribution is 0.102. The quantitative estimate of drug-likeness (QED) is 0.598. The van der Waals surface area contributed by atoms with Crippen molar-refractivity contribution in [2.75, 3.05) is 5.32 Å². The molecule has 4 aromatic rings. The highest BCUT2D eigenvalue weighted by atomic mass is 32.1. The number of aryl methyl sites for hydroxylation is 2. The molecule has 1 amide bonds. The molecule has 1 aromatic carbocycles. The summed E-state index contributed by atoms with van der Waals surface area (Å²) in [5.41, 5.74) is 4.57. The molecule has 0 spiro atoms. The van der Waals surface area contributed by atoms with Crippen LogP contribution >= 0.6 is 11.3 Å². The number of thiazole rings is 1. The van der Waals surface area contributed by atoms with Crippen LogP contribution in [0.2, 0.25) is 0 Å². The maximum absolute atomic E-state index is 12.7. The molecule has 3 heterocycles. The van der Waals surface area contributed by atoms with Crippen molar-refractivity contribution in [1.29, 1.82) is 0 Å². The predicted octanol–water partition coefficient (Wildman–Crippen LogP) is 4.25. The average molecular weight is 352 g/mol. The van der Waals surface area contributed by atoms with E-state index in [2.05, 4.69) is 15.3 Å². The maximum atomic E-state index is 12.7. The number of carbonyl (C=O) groups excluding carboxylic acids is 1. The summed E-state index contributed by atoms with van der Waals surface area (Å²) in [6, 6.07) is 7.32. The molecule has 3 aromatic heterocycles. The number of benzene rings is 1. The van der Waals surface area contributed by atoms with E-state index >= 15 is 0 Å². The third-order valence-corrected chi connectivity index (χ3v) is 4.80. The largest absolute Gasteiger partial charge is 0.441 e. The SMILES string of the molecule is Cc1nc2ccc(NC(=O)c3cc(C)n(-c4nccs4)c3C)cc2o1. The van der Waals surface area contributed by atoms with Gasteiger partial charge in [-0.25, -0.2) is 9.97 Å². The molecule has 0 fully saturated rings. The molecular weight excluding hydrogens is 336 g/mol. The smallest absolute Gasteiger partial charge is 0.257 e. The van der Waals surface area contributed by atoms with E-state index in [1.54, 1.807) is 19.2 Å². The summed E-state index contributed by atoms with van der Waals surface area (Å²) in [4.78, 5) is 21.3. The van der Waals surface area contributed by atoms with E-state index < -0.39 is 0 Å². The molecule has 6 nitrogen and oxygen atoms in total. The Balaban J connectivity index is 1.65. The van der Waals surface area contributed by atoms with Crippen molar-refractivity contribution >= 4 is 34.0 Å². The molecule has 0 unspecified atom stereocenters. The number of nitrogens with one attached hydrogen (secondary N) is 1. The number of carbonyl (C=O) groups is 1. The van der Waals surface area contributed by atoms with Crippen LogP contribution in [-0.2, 0) is 0 Å². The van der Waals surface area contributed by atoms with Gasteiger partial charge in [0, 0.05) is 41.6 Å². The lowest BCUT2D eigenvalue weighted by atomic mass is 10.2. The summed E-state index contributed by atoms with van der Waals surface area (Å²) in [5.74, 6) is 0.442. The number of aromatic nitrogens is 3. The summed E-state index contributed by atoms with van der Waals surface area (Å²) in [6.07, 6.45) is 1.76. The van der Waals surface area contributed by atoms with Crippen molar-refractivity contribution in [3.05, 3.63) is 58.7 Å². The second-order valence-corrected chi connectivity index (χ2v) is 6.68. The molecule has 0 atom stereocenters. The average Bonchev–Trinajstić information content (AvgIpc) is 3.26. The van der Waals surface area contributed by atoms with E-state index in [0.29, 0.717) is 22.7 Å². The van der Waals surface area contributed by atoms with Gasteiger partial charge in [0.05, 0.1) is 5.56 Å². The fourth-order valence-corrected chi connectivity index (χ4v) is 3.68. The van der Waals surface area contributed by atoms with Gasteiger partial charge >= 0.3 is 0 Å². The fourth-order valence-electron chi connectivity index (χ4n) is 2.93. The zero-order valence-corrected chi connectivity index (χ0v) is 14.8. The van der Waals surface area contributed by atoms with Gasteiger partial charge in [-0.2, -0.15) is 0 Å². The number of rotatable bonds is 3. The van der Waals surface area contributed by atoms with Crippen LogP contribution in [0.4, 0.5) is 5.69 Å². The van der Waals surface area contributed by atoms with Crippen molar-refractivity contribution < 1.29 is 9.21 Å². The van der Waals surface area contributed by atoms with E-state index in [1.807, 2.05) is 42.0 Å². The van der Waals surface area contributed by atoms with Crippen LogP contribution in [0.15, 0.2) is 40.3 Å². The van der Waals surface area contributed by atoms with E-state index in [1.165, 1.54) is 11.3 Å². The van der Waals surface area contributed by atoms with Crippen molar-refractivity contribution in [2.45, 2.75) is 20.8 Å². The molecule has 0 saturated carbocycles. The zero-order valence-electron chi connectivity index (χ0n) is 14.0. The van der Waals surface area contributed by atoms with Gasteiger partial charge in [-0.15, -0.1) is 11.3 Å². The Hall–Kier alpha value is -2.93. The lowest BCUT2D eigenvalue weighted by Gasteiger charge is -2.07. The molecular formula is C18H16N4O2S.